The lowest BCUT2D eigenvalue weighted by Crippen LogP contribution is -2.36. The van der Waals surface area contributed by atoms with E-state index in [1.54, 1.807) is 13.0 Å². The quantitative estimate of drug-likeness (QED) is 0.772. The van der Waals surface area contributed by atoms with Crippen molar-refractivity contribution < 1.29 is 23.1 Å². The minimum Gasteiger partial charge on any atom is -0.478 e. The Morgan fingerprint density at radius 3 is 2.58 bits per heavy atom. The Morgan fingerprint density at radius 2 is 2.00 bits per heavy atom. The number of rotatable bonds is 7. The average Bonchev–Trinajstić information content (AvgIpc) is 2.54. The molecule has 1 aromatic carbocycles. The molecule has 0 aliphatic carbocycles. The summed E-state index contributed by atoms with van der Waals surface area (Å²) in [5, 5.41) is 9.49. The minimum absolute atomic E-state index is 0.0131. The molecule has 1 fully saturated rings. The smallest absolute Gasteiger partial charge is 0.337 e. The maximum Gasteiger partial charge on any atom is 0.337 e. The van der Waals surface area contributed by atoms with Gasteiger partial charge in [0.15, 0.2) is 0 Å². The second-order valence-electron chi connectivity index (χ2n) is 6.01. The van der Waals surface area contributed by atoms with E-state index in [4.69, 9.17) is 4.74 Å². The SMILES string of the molecule is COCC(C)NS(=O)(=O)c1ccc(N2CCCCC2)c(C(=O)O)c1. The first kappa shape index (κ1) is 18.7. The predicted molar refractivity (Wildman–Crippen MR) is 91.1 cm³/mol. The van der Waals surface area contributed by atoms with Crippen molar-refractivity contribution in [2.45, 2.75) is 37.1 Å². The average molecular weight is 356 g/mol. The van der Waals surface area contributed by atoms with Crippen LogP contribution in [-0.2, 0) is 14.8 Å². The maximum atomic E-state index is 12.4. The van der Waals surface area contributed by atoms with Crippen LogP contribution >= 0.6 is 0 Å². The van der Waals surface area contributed by atoms with Crippen LogP contribution in [0.2, 0.25) is 0 Å². The van der Waals surface area contributed by atoms with E-state index in [0.717, 1.165) is 32.4 Å². The van der Waals surface area contributed by atoms with Gasteiger partial charge in [0.05, 0.1) is 22.8 Å². The van der Waals surface area contributed by atoms with Crippen molar-refractivity contribution in [1.29, 1.82) is 0 Å². The summed E-state index contributed by atoms with van der Waals surface area (Å²) in [5.41, 5.74) is 0.588. The molecule has 1 aliphatic heterocycles. The lowest BCUT2D eigenvalue weighted by molar-refractivity contribution is 0.0697. The first-order valence-corrected chi connectivity index (χ1v) is 9.47. The molecule has 8 heteroatoms. The summed E-state index contributed by atoms with van der Waals surface area (Å²) in [6.45, 7) is 3.49. The van der Waals surface area contributed by atoms with E-state index in [1.807, 2.05) is 4.90 Å². The number of ether oxygens (including phenoxy) is 1. The first-order valence-electron chi connectivity index (χ1n) is 7.98. The zero-order chi connectivity index (χ0) is 17.7. The number of benzene rings is 1. The third kappa shape index (κ3) is 4.46. The van der Waals surface area contributed by atoms with Crippen molar-refractivity contribution in [3.63, 3.8) is 0 Å². The van der Waals surface area contributed by atoms with Gasteiger partial charge in [0, 0.05) is 26.2 Å². The van der Waals surface area contributed by atoms with Gasteiger partial charge in [-0.25, -0.2) is 17.9 Å². The van der Waals surface area contributed by atoms with E-state index in [9.17, 15) is 18.3 Å². The van der Waals surface area contributed by atoms with E-state index in [2.05, 4.69) is 4.72 Å². The van der Waals surface area contributed by atoms with Crippen LogP contribution in [0.1, 0.15) is 36.5 Å². The molecule has 1 unspecified atom stereocenters. The molecular weight excluding hydrogens is 332 g/mol. The van der Waals surface area contributed by atoms with Gasteiger partial charge in [0.25, 0.3) is 0 Å². The second kappa shape index (κ2) is 7.96. The van der Waals surface area contributed by atoms with Gasteiger partial charge in [-0.2, -0.15) is 0 Å². The Hall–Kier alpha value is -1.64. The Balaban J connectivity index is 2.32. The van der Waals surface area contributed by atoms with Crippen LogP contribution in [0.15, 0.2) is 23.1 Å². The van der Waals surface area contributed by atoms with Crippen molar-refractivity contribution in [1.82, 2.24) is 4.72 Å². The van der Waals surface area contributed by atoms with Gasteiger partial charge in [-0.05, 0) is 44.4 Å². The number of hydrogen-bond donors (Lipinski definition) is 2. The van der Waals surface area contributed by atoms with Gasteiger partial charge >= 0.3 is 5.97 Å². The molecule has 1 saturated heterocycles. The molecule has 0 saturated carbocycles. The third-order valence-electron chi connectivity index (χ3n) is 3.98. The van der Waals surface area contributed by atoms with E-state index in [1.165, 1.54) is 19.2 Å². The van der Waals surface area contributed by atoms with E-state index in [-0.39, 0.29) is 17.1 Å². The molecule has 0 spiro atoms. The van der Waals surface area contributed by atoms with Gasteiger partial charge in [0.2, 0.25) is 10.0 Å². The van der Waals surface area contributed by atoms with Crippen LogP contribution in [0.25, 0.3) is 0 Å². The Bertz CT molecular complexity index is 684. The van der Waals surface area contributed by atoms with Crippen molar-refractivity contribution >= 4 is 21.7 Å². The van der Waals surface area contributed by atoms with Crippen molar-refractivity contribution in [2.24, 2.45) is 0 Å². The Kier molecular flexibility index (Phi) is 6.20. The molecule has 1 atom stereocenters. The van der Waals surface area contributed by atoms with E-state index in [0.29, 0.717) is 5.69 Å². The summed E-state index contributed by atoms with van der Waals surface area (Å²) in [4.78, 5) is 13.6. The summed E-state index contributed by atoms with van der Waals surface area (Å²) in [6.07, 6.45) is 3.15. The first-order chi connectivity index (χ1) is 11.3. The highest BCUT2D eigenvalue weighted by Gasteiger charge is 2.23. The fourth-order valence-corrected chi connectivity index (χ4v) is 4.14. The minimum atomic E-state index is -3.80. The number of hydrogen-bond acceptors (Lipinski definition) is 5. The standard InChI is InChI=1S/C16H24N2O5S/c1-12(11-23-2)17-24(21,22)13-6-7-15(14(10-13)16(19)20)18-8-4-3-5-9-18/h6-7,10,12,17H,3-5,8-9,11H2,1-2H3,(H,19,20). The van der Waals surface area contributed by atoms with Gasteiger partial charge < -0.3 is 14.7 Å². The summed E-state index contributed by atoms with van der Waals surface area (Å²) in [6, 6.07) is 3.87. The zero-order valence-corrected chi connectivity index (χ0v) is 14.8. The number of aromatic carboxylic acids is 1. The molecule has 24 heavy (non-hydrogen) atoms. The van der Waals surface area contributed by atoms with Crippen LogP contribution in [-0.4, -0.2) is 52.3 Å². The topological polar surface area (TPSA) is 95.9 Å². The summed E-state index contributed by atoms with van der Waals surface area (Å²) in [5.74, 6) is -1.13. The highest BCUT2D eigenvalue weighted by molar-refractivity contribution is 7.89. The second-order valence-corrected chi connectivity index (χ2v) is 7.72. The highest BCUT2D eigenvalue weighted by atomic mass is 32.2. The van der Waals surface area contributed by atoms with E-state index < -0.39 is 22.0 Å². The van der Waals surface area contributed by atoms with Crippen LogP contribution in [0, 0.1) is 0 Å². The molecule has 134 valence electrons. The molecule has 0 bridgehead atoms. The number of methoxy groups -OCH3 is 1. The number of carbonyl (C=O) groups is 1. The number of piperidine rings is 1. The van der Waals surface area contributed by atoms with Crippen LogP contribution < -0.4 is 9.62 Å². The van der Waals surface area contributed by atoms with Crippen LogP contribution in [0.5, 0.6) is 0 Å². The van der Waals surface area contributed by atoms with Gasteiger partial charge in [-0.3, -0.25) is 0 Å². The number of carboxylic acids is 1. The molecule has 1 aromatic rings. The van der Waals surface area contributed by atoms with Gasteiger partial charge in [-0.15, -0.1) is 0 Å². The monoisotopic (exact) mass is 356 g/mol. The Morgan fingerprint density at radius 1 is 1.33 bits per heavy atom. The van der Waals surface area contributed by atoms with Gasteiger partial charge in [-0.1, -0.05) is 0 Å². The summed E-state index contributed by atoms with van der Waals surface area (Å²) in [7, 11) is -2.31. The highest BCUT2D eigenvalue weighted by Crippen LogP contribution is 2.27. The number of nitrogens with one attached hydrogen (secondary N) is 1. The lowest BCUT2D eigenvalue weighted by atomic mass is 10.1. The normalized spacial score (nSPS) is 16.8. The largest absolute Gasteiger partial charge is 0.478 e. The van der Waals surface area contributed by atoms with Crippen molar-refractivity contribution in [3.8, 4) is 0 Å². The van der Waals surface area contributed by atoms with Crippen LogP contribution in [0.3, 0.4) is 0 Å². The zero-order valence-electron chi connectivity index (χ0n) is 14.0. The van der Waals surface area contributed by atoms with Crippen LogP contribution in [0.4, 0.5) is 5.69 Å². The number of nitrogens with zero attached hydrogens (tertiary/aromatic N) is 1. The molecule has 0 aromatic heterocycles. The predicted octanol–water partition coefficient (Wildman–Crippen LogP) is 1.69. The molecule has 0 amide bonds. The molecule has 2 rings (SSSR count). The summed E-state index contributed by atoms with van der Waals surface area (Å²) < 4.78 is 32.2. The fraction of sp³-hybridized carbons (Fsp3) is 0.562. The molecule has 1 heterocycles. The third-order valence-corrected chi connectivity index (χ3v) is 5.57. The van der Waals surface area contributed by atoms with Crippen molar-refractivity contribution in [3.05, 3.63) is 23.8 Å². The fourth-order valence-electron chi connectivity index (χ4n) is 2.88. The van der Waals surface area contributed by atoms with E-state index >= 15 is 0 Å². The summed E-state index contributed by atoms with van der Waals surface area (Å²) >= 11 is 0. The molecule has 1 aliphatic rings. The lowest BCUT2D eigenvalue weighted by Gasteiger charge is -2.30. The molecule has 7 nitrogen and oxygen atoms in total. The molecule has 2 N–H and O–H groups in total. The number of sulfonamides is 1. The molecule has 0 radical (unpaired) electrons. The molecular formula is C16H24N2O5S. The Labute approximate surface area is 142 Å². The maximum absolute atomic E-state index is 12.4. The van der Waals surface area contributed by atoms with Gasteiger partial charge in [0.1, 0.15) is 0 Å². The van der Waals surface area contributed by atoms with Crippen molar-refractivity contribution in [2.75, 3.05) is 31.7 Å². The number of carboxylic acid groups (broad SMARTS) is 1. The number of anilines is 1.